The van der Waals surface area contributed by atoms with E-state index in [2.05, 4.69) is 24.3 Å². The lowest BCUT2D eigenvalue weighted by Gasteiger charge is -2.10. The second-order valence-corrected chi connectivity index (χ2v) is 7.01. The molecule has 29 heavy (non-hydrogen) atoms. The minimum absolute atomic E-state index is 0.0373. The Morgan fingerprint density at radius 3 is 2.59 bits per heavy atom. The van der Waals surface area contributed by atoms with Gasteiger partial charge in [-0.15, -0.1) is 0 Å². The number of amides is 1. The van der Waals surface area contributed by atoms with E-state index in [1.807, 2.05) is 66.9 Å². The second kappa shape index (κ2) is 9.52. The van der Waals surface area contributed by atoms with Crippen molar-refractivity contribution < 1.29 is 4.79 Å². The summed E-state index contributed by atoms with van der Waals surface area (Å²) >= 11 is 0. The molecule has 1 amide bonds. The number of nitrogens with one attached hydrogen (secondary N) is 1. The van der Waals surface area contributed by atoms with Crippen molar-refractivity contribution in [3.8, 4) is 6.07 Å². The highest BCUT2D eigenvalue weighted by Gasteiger charge is 2.11. The summed E-state index contributed by atoms with van der Waals surface area (Å²) in [5, 5.41) is 16.5. The Balaban J connectivity index is 1.68. The van der Waals surface area contributed by atoms with E-state index in [1.165, 1.54) is 5.56 Å². The van der Waals surface area contributed by atoms with E-state index in [1.54, 1.807) is 17.0 Å². The SMILES string of the molecule is CC[C@H](C)c1ccc(NC(=O)/C(C#N)=C/c2cnn(Cc3ccccc3)c2)cc1. The maximum Gasteiger partial charge on any atom is 0.266 e. The third kappa shape index (κ3) is 5.43. The van der Waals surface area contributed by atoms with Crippen molar-refractivity contribution in [2.75, 3.05) is 5.32 Å². The molecule has 1 aromatic heterocycles. The number of benzene rings is 2. The van der Waals surface area contributed by atoms with Gasteiger partial charge in [0.05, 0.1) is 12.7 Å². The fourth-order valence-corrected chi connectivity index (χ4v) is 2.96. The molecule has 0 aliphatic heterocycles. The lowest BCUT2D eigenvalue weighted by atomic mass is 9.98. The molecule has 0 spiro atoms. The molecule has 146 valence electrons. The first-order chi connectivity index (χ1) is 14.1. The maximum absolute atomic E-state index is 12.5. The summed E-state index contributed by atoms with van der Waals surface area (Å²) in [5.74, 6) is 0.0429. The fourth-order valence-electron chi connectivity index (χ4n) is 2.96. The van der Waals surface area contributed by atoms with Crippen LogP contribution in [0.25, 0.3) is 6.08 Å². The molecule has 0 saturated heterocycles. The Morgan fingerprint density at radius 1 is 1.21 bits per heavy atom. The van der Waals surface area contributed by atoms with E-state index >= 15 is 0 Å². The van der Waals surface area contributed by atoms with Crippen LogP contribution < -0.4 is 5.32 Å². The molecule has 0 fully saturated rings. The zero-order valence-electron chi connectivity index (χ0n) is 16.7. The van der Waals surface area contributed by atoms with E-state index in [0.29, 0.717) is 23.7 Å². The van der Waals surface area contributed by atoms with E-state index in [0.717, 1.165) is 12.0 Å². The van der Waals surface area contributed by atoms with Crippen LogP contribution in [0.3, 0.4) is 0 Å². The molecule has 5 nitrogen and oxygen atoms in total. The molecular weight excluding hydrogens is 360 g/mol. The quantitative estimate of drug-likeness (QED) is 0.461. The topological polar surface area (TPSA) is 70.7 Å². The normalized spacial score (nSPS) is 12.2. The largest absolute Gasteiger partial charge is 0.321 e. The van der Waals surface area contributed by atoms with Crippen LogP contribution in [-0.2, 0) is 11.3 Å². The number of hydrogen-bond donors (Lipinski definition) is 1. The molecular formula is C24H24N4O. The molecule has 5 heteroatoms. The molecule has 0 saturated carbocycles. The molecule has 3 aromatic rings. The number of nitriles is 1. The Labute approximate surface area is 171 Å². The predicted molar refractivity (Wildman–Crippen MR) is 115 cm³/mol. The van der Waals surface area contributed by atoms with Gasteiger partial charge in [0.25, 0.3) is 5.91 Å². The Hall–Kier alpha value is -3.65. The molecule has 0 unspecified atom stereocenters. The zero-order valence-corrected chi connectivity index (χ0v) is 16.7. The molecule has 3 rings (SSSR count). The molecule has 0 bridgehead atoms. The van der Waals surface area contributed by atoms with E-state index < -0.39 is 5.91 Å². The van der Waals surface area contributed by atoms with Gasteiger partial charge in [0.15, 0.2) is 0 Å². The van der Waals surface area contributed by atoms with Crippen LogP contribution >= 0.6 is 0 Å². The molecule has 2 aromatic carbocycles. The monoisotopic (exact) mass is 384 g/mol. The van der Waals surface area contributed by atoms with Crippen molar-refractivity contribution in [3.05, 3.63) is 89.3 Å². The van der Waals surface area contributed by atoms with Crippen LogP contribution in [0.1, 0.15) is 42.9 Å². The van der Waals surface area contributed by atoms with Crippen molar-refractivity contribution in [1.82, 2.24) is 9.78 Å². The molecule has 0 aliphatic rings. The predicted octanol–water partition coefficient (Wildman–Crippen LogP) is 4.99. The highest BCUT2D eigenvalue weighted by Crippen LogP contribution is 2.21. The molecule has 0 radical (unpaired) electrons. The first-order valence-electron chi connectivity index (χ1n) is 9.68. The van der Waals surface area contributed by atoms with Gasteiger partial charge >= 0.3 is 0 Å². The molecule has 0 aliphatic carbocycles. The molecule has 1 atom stereocenters. The minimum atomic E-state index is -0.431. The number of aromatic nitrogens is 2. The van der Waals surface area contributed by atoms with Gasteiger partial charge in [-0.2, -0.15) is 10.4 Å². The average molecular weight is 384 g/mol. The van der Waals surface area contributed by atoms with Gasteiger partial charge < -0.3 is 5.32 Å². The smallest absolute Gasteiger partial charge is 0.266 e. The molecule has 1 N–H and O–H groups in total. The Bertz CT molecular complexity index is 1030. The number of anilines is 1. The third-order valence-corrected chi connectivity index (χ3v) is 4.87. The first kappa shape index (κ1) is 20.1. The summed E-state index contributed by atoms with van der Waals surface area (Å²) in [4.78, 5) is 12.5. The summed E-state index contributed by atoms with van der Waals surface area (Å²) in [6.07, 6.45) is 6.08. The van der Waals surface area contributed by atoms with Gasteiger partial charge in [-0.25, -0.2) is 0 Å². The van der Waals surface area contributed by atoms with Crippen molar-refractivity contribution in [3.63, 3.8) is 0 Å². The van der Waals surface area contributed by atoms with Crippen LogP contribution in [0.5, 0.6) is 0 Å². The van der Waals surface area contributed by atoms with Gasteiger partial charge in [0.1, 0.15) is 11.6 Å². The van der Waals surface area contributed by atoms with Crippen LogP contribution in [0.2, 0.25) is 0 Å². The van der Waals surface area contributed by atoms with Crippen molar-refractivity contribution in [1.29, 1.82) is 5.26 Å². The number of rotatable bonds is 7. The summed E-state index contributed by atoms with van der Waals surface area (Å²) in [6, 6.07) is 19.7. The lowest BCUT2D eigenvalue weighted by molar-refractivity contribution is -0.112. The van der Waals surface area contributed by atoms with E-state index in [-0.39, 0.29) is 5.57 Å². The highest BCUT2D eigenvalue weighted by atomic mass is 16.1. The number of nitrogens with zero attached hydrogens (tertiary/aromatic N) is 3. The van der Waals surface area contributed by atoms with Crippen molar-refractivity contribution >= 4 is 17.7 Å². The third-order valence-electron chi connectivity index (χ3n) is 4.87. The summed E-state index contributed by atoms with van der Waals surface area (Å²) in [5.41, 5.74) is 3.77. The minimum Gasteiger partial charge on any atom is -0.321 e. The lowest BCUT2D eigenvalue weighted by Crippen LogP contribution is -2.13. The Kier molecular flexibility index (Phi) is 6.59. The first-order valence-corrected chi connectivity index (χ1v) is 9.68. The van der Waals surface area contributed by atoms with Crippen molar-refractivity contribution in [2.24, 2.45) is 0 Å². The standard InChI is InChI=1S/C24H24N4O/c1-3-18(2)21-9-11-23(12-10-21)27-24(29)22(14-25)13-20-15-26-28(17-20)16-19-7-5-4-6-8-19/h4-13,15,17-18H,3,16H2,1-2H3,(H,27,29)/b22-13+/t18-/m0/s1. The highest BCUT2D eigenvalue weighted by molar-refractivity contribution is 6.09. The van der Waals surface area contributed by atoms with Crippen LogP contribution in [0.4, 0.5) is 5.69 Å². The van der Waals surface area contributed by atoms with Gasteiger partial charge in [-0.3, -0.25) is 9.48 Å². The average Bonchev–Trinajstić information content (AvgIpc) is 3.19. The number of hydrogen-bond acceptors (Lipinski definition) is 3. The number of carbonyl (C=O) groups is 1. The maximum atomic E-state index is 12.5. The van der Waals surface area contributed by atoms with Gasteiger partial charge in [0, 0.05) is 17.4 Å². The van der Waals surface area contributed by atoms with Crippen LogP contribution in [0, 0.1) is 11.3 Å². The zero-order chi connectivity index (χ0) is 20.6. The van der Waals surface area contributed by atoms with Gasteiger partial charge in [-0.05, 0) is 41.7 Å². The van der Waals surface area contributed by atoms with Gasteiger partial charge in [0.2, 0.25) is 0 Å². The van der Waals surface area contributed by atoms with Crippen LogP contribution in [0.15, 0.2) is 72.6 Å². The van der Waals surface area contributed by atoms with Crippen molar-refractivity contribution in [2.45, 2.75) is 32.7 Å². The van der Waals surface area contributed by atoms with E-state index in [4.69, 9.17) is 0 Å². The summed E-state index contributed by atoms with van der Waals surface area (Å²) in [6.45, 7) is 4.94. The summed E-state index contributed by atoms with van der Waals surface area (Å²) < 4.78 is 1.78. The van der Waals surface area contributed by atoms with Gasteiger partial charge in [-0.1, -0.05) is 56.3 Å². The summed E-state index contributed by atoms with van der Waals surface area (Å²) in [7, 11) is 0. The van der Waals surface area contributed by atoms with Crippen LogP contribution in [-0.4, -0.2) is 15.7 Å². The van der Waals surface area contributed by atoms with E-state index in [9.17, 15) is 10.1 Å². The Morgan fingerprint density at radius 2 is 1.93 bits per heavy atom. The number of carbonyl (C=O) groups excluding carboxylic acids is 1. The second-order valence-electron chi connectivity index (χ2n) is 7.01. The molecule has 1 heterocycles. The fraction of sp³-hybridized carbons (Fsp3) is 0.208.